The normalized spacial score (nSPS) is 12.4. The van der Waals surface area contributed by atoms with Gasteiger partial charge in [-0.3, -0.25) is 11.3 Å². The highest BCUT2D eigenvalue weighted by atomic mass is 19.1. The Morgan fingerprint density at radius 3 is 2.88 bits per heavy atom. The van der Waals surface area contributed by atoms with Gasteiger partial charge in [0.1, 0.15) is 5.82 Å². The van der Waals surface area contributed by atoms with Crippen molar-refractivity contribution >= 4 is 0 Å². The van der Waals surface area contributed by atoms with Gasteiger partial charge in [-0.1, -0.05) is 18.2 Å². The van der Waals surface area contributed by atoms with Gasteiger partial charge in [-0.25, -0.2) is 4.39 Å². The average Bonchev–Trinajstić information content (AvgIpc) is 2.29. The van der Waals surface area contributed by atoms with Crippen LogP contribution in [0, 0.1) is 12.7 Å². The van der Waals surface area contributed by atoms with Crippen LogP contribution in [0.1, 0.15) is 36.4 Å². The van der Waals surface area contributed by atoms with Gasteiger partial charge in [0.15, 0.2) is 0 Å². The van der Waals surface area contributed by atoms with Crippen LogP contribution in [0.25, 0.3) is 0 Å². The number of nitrogens with one attached hydrogen (secondary N) is 1. The molecule has 88 valence electrons. The number of rotatable bonds is 6. The Labute approximate surface area is 96.3 Å². The van der Waals surface area contributed by atoms with Crippen LogP contribution in [0.3, 0.4) is 0 Å². The van der Waals surface area contributed by atoms with Crippen molar-refractivity contribution in [2.75, 3.05) is 0 Å². The molecule has 0 aliphatic heterocycles. The van der Waals surface area contributed by atoms with Crippen LogP contribution in [0.2, 0.25) is 0 Å². The number of hydrogen-bond donors (Lipinski definition) is 2. The smallest absolute Gasteiger partial charge is 0.126 e. The lowest BCUT2D eigenvalue weighted by Gasteiger charge is -2.16. The molecule has 1 unspecified atom stereocenters. The van der Waals surface area contributed by atoms with Crippen molar-refractivity contribution in [3.63, 3.8) is 0 Å². The van der Waals surface area contributed by atoms with Gasteiger partial charge in [0.25, 0.3) is 0 Å². The number of unbranched alkanes of at least 4 members (excludes halogenated alkanes) is 1. The molecule has 0 saturated heterocycles. The molecule has 0 aliphatic rings. The summed E-state index contributed by atoms with van der Waals surface area (Å²) in [6.45, 7) is 5.42. The summed E-state index contributed by atoms with van der Waals surface area (Å²) in [7, 11) is 0. The Bertz CT molecular complexity index is 350. The van der Waals surface area contributed by atoms with E-state index in [0.717, 1.165) is 24.8 Å². The fourth-order valence-electron chi connectivity index (χ4n) is 1.64. The van der Waals surface area contributed by atoms with Crippen LogP contribution in [-0.2, 0) is 0 Å². The molecule has 0 aromatic heterocycles. The van der Waals surface area contributed by atoms with E-state index in [9.17, 15) is 4.39 Å². The summed E-state index contributed by atoms with van der Waals surface area (Å²) >= 11 is 0. The van der Waals surface area contributed by atoms with E-state index >= 15 is 0 Å². The minimum atomic E-state index is -0.179. The maximum Gasteiger partial charge on any atom is 0.126 e. The standard InChI is InChI=1S/C13H19FN2/c1-3-4-5-6-13(16-15)11-8-7-10(2)12(14)9-11/h3,7-9,13,16H,1,4-6,15H2,2H3. The zero-order valence-electron chi connectivity index (χ0n) is 9.67. The lowest BCUT2D eigenvalue weighted by atomic mass is 10.0. The Balaban J connectivity index is 2.70. The topological polar surface area (TPSA) is 38.0 Å². The third-order valence-corrected chi connectivity index (χ3v) is 2.70. The molecule has 1 aromatic rings. The first-order chi connectivity index (χ1) is 7.69. The fourth-order valence-corrected chi connectivity index (χ4v) is 1.64. The lowest BCUT2D eigenvalue weighted by Crippen LogP contribution is -2.28. The highest BCUT2D eigenvalue weighted by Crippen LogP contribution is 2.20. The zero-order valence-corrected chi connectivity index (χ0v) is 9.67. The molecule has 3 heteroatoms. The Hall–Kier alpha value is -1.19. The average molecular weight is 222 g/mol. The van der Waals surface area contributed by atoms with E-state index in [-0.39, 0.29) is 11.9 Å². The number of allylic oxidation sites excluding steroid dienone is 1. The van der Waals surface area contributed by atoms with Gasteiger partial charge in [0.05, 0.1) is 0 Å². The largest absolute Gasteiger partial charge is 0.271 e. The second kappa shape index (κ2) is 6.40. The van der Waals surface area contributed by atoms with Gasteiger partial charge in [-0.2, -0.15) is 0 Å². The number of hydrazine groups is 1. The van der Waals surface area contributed by atoms with E-state index in [1.165, 1.54) is 0 Å². The van der Waals surface area contributed by atoms with Crippen LogP contribution in [0.5, 0.6) is 0 Å². The molecule has 3 N–H and O–H groups in total. The molecule has 1 rings (SSSR count). The zero-order chi connectivity index (χ0) is 12.0. The van der Waals surface area contributed by atoms with E-state index in [4.69, 9.17) is 5.84 Å². The molecular formula is C13H19FN2. The van der Waals surface area contributed by atoms with Crippen molar-refractivity contribution < 1.29 is 4.39 Å². The third-order valence-electron chi connectivity index (χ3n) is 2.70. The molecule has 16 heavy (non-hydrogen) atoms. The number of aryl methyl sites for hydroxylation is 1. The van der Waals surface area contributed by atoms with Crippen LogP contribution in [0.15, 0.2) is 30.9 Å². The number of nitrogens with two attached hydrogens (primary N) is 1. The lowest BCUT2D eigenvalue weighted by molar-refractivity contribution is 0.496. The summed E-state index contributed by atoms with van der Waals surface area (Å²) in [5.74, 6) is 5.30. The van der Waals surface area contributed by atoms with Crippen LogP contribution in [0.4, 0.5) is 4.39 Å². The Morgan fingerprint density at radius 2 is 2.31 bits per heavy atom. The summed E-state index contributed by atoms with van der Waals surface area (Å²) in [4.78, 5) is 0. The molecule has 0 amide bonds. The minimum absolute atomic E-state index is 0.00931. The molecule has 0 fully saturated rings. The van der Waals surface area contributed by atoms with Gasteiger partial charge in [0.2, 0.25) is 0 Å². The maximum absolute atomic E-state index is 13.4. The van der Waals surface area contributed by atoms with E-state index < -0.39 is 0 Å². The van der Waals surface area contributed by atoms with Gasteiger partial charge >= 0.3 is 0 Å². The van der Waals surface area contributed by atoms with Gasteiger partial charge in [-0.05, 0) is 43.4 Å². The molecule has 1 aromatic carbocycles. The highest BCUT2D eigenvalue weighted by molar-refractivity contribution is 5.25. The van der Waals surface area contributed by atoms with Crippen LogP contribution >= 0.6 is 0 Å². The Morgan fingerprint density at radius 1 is 1.56 bits per heavy atom. The maximum atomic E-state index is 13.4. The quantitative estimate of drug-likeness (QED) is 0.336. The second-order valence-electron chi connectivity index (χ2n) is 3.95. The summed E-state index contributed by atoms with van der Waals surface area (Å²) in [5, 5.41) is 0. The molecule has 2 nitrogen and oxygen atoms in total. The van der Waals surface area contributed by atoms with Crippen molar-refractivity contribution in [3.8, 4) is 0 Å². The van der Waals surface area contributed by atoms with Crippen LogP contribution < -0.4 is 11.3 Å². The molecule has 0 aliphatic carbocycles. The number of halogens is 1. The van der Waals surface area contributed by atoms with Crippen molar-refractivity contribution in [2.45, 2.75) is 32.2 Å². The molecule has 0 radical (unpaired) electrons. The summed E-state index contributed by atoms with van der Waals surface area (Å²) < 4.78 is 13.4. The summed E-state index contributed by atoms with van der Waals surface area (Å²) in [6.07, 6.45) is 4.70. The van der Waals surface area contributed by atoms with Crippen molar-refractivity contribution in [2.24, 2.45) is 5.84 Å². The predicted molar refractivity (Wildman–Crippen MR) is 65.2 cm³/mol. The second-order valence-corrected chi connectivity index (χ2v) is 3.95. The molecule has 0 heterocycles. The number of benzene rings is 1. The monoisotopic (exact) mass is 222 g/mol. The van der Waals surface area contributed by atoms with Crippen LogP contribution in [-0.4, -0.2) is 0 Å². The van der Waals surface area contributed by atoms with Crippen molar-refractivity contribution in [3.05, 3.63) is 47.8 Å². The fraction of sp³-hybridized carbons (Fsp3) is 0.385. The van der Waals surface area contributed by atoms with Crippen molar-refractivity contribution in [1.82, 2.24) is 5.43 Å². The Kier molecular flexibility index (Phi) is 5.15. The van der Waals surface area contributed by atoms with Gasteiger partial charge in [0, 0.05) is 6.04 Å². The van der Waals surface area contributed by atoms with Gasteiger partial charge < -0.3 is 0 Å². The molecule has 0 saturated carbocycles. The van der Waals surface area contributed by atoms with E-state index in [2.05, 4.69) is 12.0 Å². The highest BCUT2D eigenvalue weighted by Gasteiger charge is 2.10. The van der Waals surface area contributed by atoms with E-state index in [1.54, 1.807) is 19.1 Å². The molecule has 0 spiro atoms. The van der Waals surface area contributed by atoms with Gasteiger partial charge in [-0.15, -0.1) is 6.58 Å². The predicted octanol–water partition coefficient (Wildman–Crippen LogP) is 2.99. The van der Waals surface area contributed by atoms with E-state index in [1.807, 2.05) is 12.1 Å². The van der Waals surface area contributed by atoms with Crippen molar-refractivity contribution in [1.29, 1.82) is 0 Å². The molecular weight excluding hydrogens is 203 g/mol. The molecule has 1 atom stereocenters. The summed E-state index contributed by atoms with van der Waals surface area (Å²) in [5.41, 5.74) is 4.28. The summed E-state index contributed by atoms with van der Waals surface area (Å²) in [6, 6.07) is 5.25. The minimum Gasteiger partial charge on any atom is -0.271 e. The first kappa shape index (κ1) is 12.9. The SMILES string of the molecule is C=CCCCC(NN)c1ccc(C)c(F)c1. The first-order valence-electron chi connectivity index (χ1n) is 5.52. The third kappa shape index (κ3) is 3.43. The van der Waals surface area contributed by atoms with E-state index in [0.29, 0.717) is 5.56 Å². The molecule has 0 bridgehead atoms. The number of hydrogen-bond acceptors (Lipinski definition) is 2. The first-order valence-corrected chi connectivity index (χ1v) is 5.52.